The van der Waals surface area contributed by atoms with Crippen molar-refractivity contribution >= 4 is 18.0 Å². The highest BCUT2D eigenvalue weighted by atomic mass is 16.6. The van der Waals surface area contributed by atoms with E-state index < -0.39 is 24.1 Å². The summed E-state index contributed by atoms with van der Waals surface area (Å²) >= 11 is 0. The quantitative estimate of drug-likeness (QED) is 0.452. The van der Waals surface area contributed by atoms with Crippen molar-refractivity contribution in [3.8, 4) is 0 Å². The Morgan fingerprint density at radius 3 is 2.84 bits per heavy atom. The molecule has 0 aromatic carbocycles. The first-order chi connectivity index (χ1) is 9.06. The molecule has 2 saturated heterocycles. The summed E-state index contributed by atoms with van der Waals surface area (Å²) in [6.45, 7) is 2.92. The number of imide groups is 1. The van der Waals surface area contributed by atoms with Gasteiger partial charge >= 0.3 is 12.1 Å². The molecule has 2 rings (SSSR count). The van der Waals surface area contributed by atoms with Crippen LogP contribution in [0, 0.1) is 0 Å². The fourth-order valence-electron chi connectivity index (χ4n) is 2.14. The van der Waals surface area contributed by atoms with E-state index in [1.807, 2.05) is 6.92 Å². The number of hydroxylamine groups is 2. The summed E-state index contributed by atoms with van der Waals surface area (Å²) < 4.78 is 5.06. The molecule has 8 heteroatoms. The van der Waals surface area contributed by atoms with Gasteiger partial charge in [-0.25, -0.2) is 9.59 Å². The molecule has 0 aromatic heterocycles. The van der Waals surface area contributed by atoms with Gasteiger partial charge in [-0.1, -0.05) is 13.3 Å². The van der Waals surface area contributed by atoms with E-state index in [0.29, 0.717) is 13.2 Å². The average Bonchev–Trinajstić information content (AvgIpc) is 2.64. The zero-order chi connectivity index (χ0) is 14.0. The van der Waals surface area contributed by atoms with E-state index >= 15 is 0 Å². The van der Waals surface area contributed by atoms with Gasteiger partial charge in [0.15, 0.2) is 0 Å². The Labute approximate surface area is 110 Å². The van der Waals surface area contributed by atoms with Crippen LogP contribution in [0.1, 0.15) is 19.8 Å². The van der Waals surface area contributed by atoms with E-state index in [9.17, 15) is 19.6 Å². The fourth-order valence-corrected chi connectivity index (χ4v) is 2.14. The minimum Gasteiger partial charge on any atom is -0.449 e. The van der Waals surface area contributed by atoms with Gasteiger partial charge in [0.05, 0.1) is 13.2 Å². The Bertz CT molecular complexity index is 400. The van der Waals surface area contributed by atoms with Crippen molar-refractivity contribution in [3.05, 3.63) is 0 Å². The summed E-state index contributed by atoms with van der Waals surface area (Å²) in [4.78, 5) is 37.5. The van der Waals surface area contributed by atoms with E-state index in [-0.39, 0.29) is 18.2 Å². The third-order valence-electron chi connectivity index (χ3n) is 3.28. The summed E-state index contributed by atoms with van der Waals surface area (Å²) in [7, 11) is 0. The lowest BCUT2D eigenvalue weighted by atomic mass is 10.2. The number of unbranched alkanes of at least 4 members (excludes halogenated alkanes) is 1. The molecule has 0 saturated carbocycles. The molecular formula is C11H17N3O5. The van der Waals surface area contributed by atoms with Gasteiger partial charge in [0, 0.05) is 13.1 Å². The van der Waals surface area contributed by atoms with Gasteiger partial charge in [-0.2, -0.15) is 0 Å². The van der Waals surface area contributed by atoms with Gasteiger partial charge in [-0.05, 0) is 6.42 Å². The van der Waals surface area contributed by atoms with Crippen LogP contribution >= 0.6 is 0 Å². The van der Waals surface area contributed by atoms with E-state index in [1.165, 1.54) is 9.80 Å². The number of hydrogen-bond acceptors (Lipinski definition) is 5. The van der Waals surface area contributed by atoms with Crippen molar-refractivity contribution in [1.29, 1.82) is 0 Å². The number of fused-ring (bicyclic) bond motifs is 1. The number of ether oxygens (including phenoxy) is 1. The van der Waals surface area contributed by atoms with Crippen LogP contribution in [0.5, 0.6) is 0 Å². The predicted molar refractivity (Wildman–Crippen MR) is 62.4 cm³/mol. The second-order valence-electron chi connectivity index (χ2n) is 4.56. The molecule has 4 amide bonds. The molecule has 106 valence electrons. The first-order valence-corrected chi connectivity index (χ1v) is 6.31. The molecule has 0 radical (unpaired) electrons. The van der Waals surface area contributed by atoms with Crippen LogP contribution in [0.15, 0.2) is 0 Å². The summed E-state index contributed by atoms with van der Waals surface area (Å²) in [5.74, 6) is -0.698. The van der Waals surface area contributed by atoms with Gasteiger partial charge in [0.1, 0.15) is 6.04 Å². The normalized spacial score (nSPS) is 22.8. The first-order valence-electron chi connectivity index (χ1n) is 6.31. The van der Waals surface area contributed by atoms with E-state index in [1.54, 1.807) is 0 Å². The largest absolute Gasteiger partial charge is 0.449 e. The maximum Gasteiger partial charge on any atom is 0.409 e. The maximum atomic E-state index is 11.7. The minimum absolute atomic E-state index is 0.0621. The van der Waals surface area contributed by atoms with Gasteiger partial charge in [-0.15, -0.1) is 5.06 Å². The highest BCUT2D eigenvalue weighted by Crippen LogP contribution is 2.20. The third-order valence-corrected chi connectivity index (χ3v) is 3.28. The number of urea groups is 1. The molecule has 1 N–H and O–H groups in total. The Morgan fingerprint density at radius 1 is 1.42 bits per heavy atom. The lowest BCUT2D eigenvalue weighted by Crippen LogP contribution is -2.54. The van der Waals surface area contributed by atoms with Crippen molar-refractivity contribution in [2.45, 2.75) is 25.8 Å². The molecular weight excluding hydrogens is 254 g/mol. The molecule has 2 heterocycles. The number of hydrogen-bond donors (Lipinski definition) is 1. The van der Waals surface area contributed by atoms with Gasteiger partial charge < -0.3 is 14.5 Å². The Kier molecular flexibility index (Phi) is 3.89. The van der Waals surface area contributed by atoms with Gasteiger partial charge in [-0.3, -0.25) is 10.0 Å². The highest BCUT2D eigenvalue weighted by Gasteiger charge is 2.48. The van der Waals surface area contributed by atoms with Crippen molar-refractivity contribution in [2.24, 2.45) is 0 Å². The Morgan fingerprint density at radius 2 is 2.16 bits per heavy atom. The number of carbonyl (C=O) groups is 3. The highest BCUT2D eigenvalue weighted by molar-refractivity contribution is 6.03. The van der Waals surface area contributed by atoms with Crippen molar-refractivity contribution < 1.29 is 24.3 Å². The number of carbonyl (C=O) groups excluding carboxylic acids is 3. The van der Waals surface area contributed by atoms with Crippen LogP contribution in [0.25, 0.3) is 0 Å². The molecule has 2 aliphatic heterocycles. The van der Waals surface area contributed by atoms with Gasteiger partial charge in [0.25, 0.3) is 5.91 Å². The third kappa shape index (κ3) is 2.48. The topological polar surface area (TPSA) is 90.4 Å². The zero-order valence-corrected chi connectivity index (χ0v) is 10.7. The van der Waals surface area contributed by atoms with Crippen molar-refractivity contribution in [2.75, 3.05) is 26.2 Å². The molecule has 0 aliphatic carbocycles. The van der Waals surface area contributed by atoms with E-state index in [0.717, 1.165) is 12.8 Å². The summed E-state index contributed by atoms with van der Waals surface area (Å²) in [6.07, 6.45) is 1.23. The second-order valence-corrected chi connectivity index (χ2v) is 4.56. The molecule has 1 atom stereocenters. The lowest BCUT2D eigenvalue weighted by Gasteiger charge is -2.34. The van der Waals surface area contributed by atoms with Crippen LogP contribution in [-0.4, -0.2) is 70.4 Å². The zero-order valence-electron chi connectivity index (χ0n) is 10.7. The van der Waals surface area contributed by atoms with Gasteiger partial charge in [0.2, 0.25) is 0 Å². The van der Waals surface area contributed by atoms with Crippen LogP contribution in [-0.2, 0) is 9.53 Å². The van der Waals surface area contributed by atoms with Crippen LogP contribution in [0.2, 0.25) is 0 Å². The smallest absolute Gasteiger partial charge is 0.409 e. The van der Waals surface area contributed by atoms with Crippen LogP contribution in [0.4, 0.5) is 9.59 Å². The van der Waals surface area contributed by atoms with Crippen molar-refractivity contribution in [3.63, 3.8) is 0 Å². The molecule has 0 spiro atoms. The lowest BCUT2D eigenvalue weighted by molar-refractivity contribution is -0.149. The standard InChI is InChI=1S/C11H17N3O5/c1-2-3-6-19-11(17)12-4-5-13-8(7-12)9(15)14(18)10(13)16/h8,18H,2-7H2,1H3. The monoisotopic (exact) mass is 271 g/mol. The van der Waals surface area contributed by atoms with Crippen LogP contribution < -0.4 is 0 Å². The maximum absolute atomic E-state index is 11.7. The Hall–Kier alpha value is -1.83. The van der Waals surface area contributed by atoms with Crippen molar-refractivity contribution in [1.82, 2.24) is 14.9 Å². The second kappa shape index (κ2) is 5.43. The summed E-state index contributed by atoms with van der Waals surface area (Å²) in [5.41, 5.74) is 0. The van der Waals surface area contributed by atoms with E-state index in [4.69, 9.17) is 4.74 Å². The molecule has 1 unspecified atom stereocenters. The molecule has 0 bridgehead atoms. The molecule has 8 nitrogen and oxygen atoms in total. The van der Waals surface area contributed by atoms with E-state index in [2.05, 4.69) is 0 Å². The average molecular weight is 271 g/mol. The number of amides is 4. The number of rotatable bonds is 3. The van der Waals surface area contributed by atoms with Crippen LogP contribution in [0.3, 0.4) is 0 Å². The Balaban J connectivity index is 1.93. The summed E-state index contributed by atoms with van der Waals surface area (Å²) in [5, 5.41) is 9.36. The number of nitrogens with zero attached hydrogens (tertiary/aromatic N) is 3. The summed E-state index contributed by atoms with van der Waals surface area (Å²) in [6, 6.07) is -1.53. The molecule has 19 heavy (non-hydrogen) atoms. The molecule has 2 fully saturated rings. The first kappa shape index (κ1) is 13.6. The molecule has 2 aliphatic rings. The number of piperazine rings is 1. The molecule has 0 aromatic rings. The fraction of sp³-hybridized carbons (Fsp3) is 0.727. The predicted octanol–water partition coefficient (Wildman–Crippen LogP) is 0.261. The SMILES string of the molecule is CCCCOC(=O)N1CCN2C(=O)N(O)C(=O)C2C1. The minimum atomic E-state index is -0.801.